The van der Waals surface area contributed by atoms with Gasteiger partial charge in [0.2, 0.25) is 5.16 Å². The zero-order valence-corrected chi connectivity index (χ0v) is 19.4. The number of tetrazole rings is 1. The summed E-state index contributed by atoms with van der Waals surface area (Å²) in [7, 11) is 0. The number of benzene rings is 2. The van der Waals surface area contributed by atoms with Gasteiger partial charge in [0.05, 0.1) is 11.4 Å². The van der Waals surface area contributed by atoms with Gasteiger partial charge in [-0.05, 0) is 59.0 Å². The fourth-order valence-electron chi connectivity index (χ4n) is 3.34. The van der Waals surface area contributed by atoms with E-state index in [2.05, 4.69) is 51.7 Å². The largest absolute Gasteiger partial charge is 0.486 e. The Bertz CT molecular complexity index is 1180. The minimum atomic E-state index is 0.227. The van der Waals surface area contributed by atoms with E-state index in [1.54, 1.807) is 4.68 Å². The summed E-state index contributed by atoms with van der Waals surface area (Å²) in [5.74, 6) is 9.18. The summed E-state index contributed by atoms with van der Waals surface area (Å²) in [6.45, 7) is 8.63. The summed E-state index contributed by atoms with van der Waals surface area (Å²) in [5.41, 5.74) is 4.46. The van der Waals surface area contributed by atoms with Gasteiger partial charge in [-0.25, -0.2) is 4.68 Å². The Hall–Kier alpha value is -3.40. The van der Waals surface area contributed by atoms with Crippen LogP contribution in [0.2, 0.25) is 0 Å². The molecule has 0 radical (unpaired) electrons. The maximum absolute atomic E-state index is 6.20. The van der Waals surface area contributed by atoms with Crippen LogP contribution in [0.1, 0.15) is 48.1 Å². The summed E-state index contributed by atoms with van der Waals surface area (Å²) in [4.78, 5) is 0. The molecule has 0 saturated carbocycles. The molecule has 2 N–H and O–H groups in total. The standard InChI is InChI=1S/C22H26N8OS/c1-14(2)17-8-10-18(11-9-17)31-12-19-24-26-22(29(19)23)32-13-20-25-27-28-30(20)21-15(3)6-5-7-16(21)4/h5-11,14H,12-13,23H2,1-4H3. The van der Waals surface area contributed by atoms with E-state index in [0.717, 1.165) is 22.6 Å². The maximum Gasteiger partial charge on any atom is 0.210 e. The summed E-state index contributed by atoms with van der Waals surface area (Å²) in [6, 6.07) is 14.1. The summed E-state index contributed by atoms with van der Waals surface area (Å²) in [6.07, 6.45) is 0. The Morgan fingerprint density at radius 3 is 2.38 bits per heavy atom. The average molecular weight is 451 g/mol. The van der Waals surface area contributed by atoms with Crippen LogP contribution in [0.3, 0.4) is 0 Å². The van der Waals surface area contributed by atoms with E-state index in [9.17, 15) is 0 Å². The molecule has 2 heterocycles. The SMILES string of the molecule is Cc1cccc(C)c1-n1nnnc1CSc1nnc(COc2ccc(C(C)C)cc2)n1N. The monoisotopic (exact) mass is 450 g/mol. The second kappa shape index (κ2) is 9.39. The number of nitrogens with zero attached hydrogens (tertiary/aromatic N) is 7. The molecular weight excluding hydrogens is 424 g/mol. The molecule has 0 saturated heterocycles. The van der Waals surface area contributed by atoms with Gasteiger partial charge in [0.25, 0.3) is 0 Å². The minimum Gasteiger partial charge on any atom is -0.486 e. The topological polar surface area (TPSA) is 110 Å². The van der Waals surface area contributed by atoms with Gasteiger partial charge in [-0.2, -0.15) is 4.68 Å². The van der Waals surface area contributed by atoms with E-state index in [-0.39, 0.29) is 6.61 Å². The second-order valence-corrected chi connectivity index (χ2v) is 8.76. The first-order valence-corrected chi connectivity index (χ1v) is 11.3. The van der Waals surface area contributed by atoms with E-state index >= 15 is 0 Å². The van der Waals surface area contributed by atoms with Crippen molar-refractivity contribution >= 4 is 11.8 Å². The van der Waals surface area contributed by atoms with Gasteiger partial charge in [0.1, 0.15) is 12.4 Å². The van der Waals surface area contributed by atoms with Crippen LogP contribution in [0.4, 0.5) is 0 Å². The second-order valence-electron chi connectivity index (χ2n) is 7.82. The third kappa shape index (κ3) is 4.59. The summed E-state index contributed by atoms with van der Waals surface area (Å²) in [5, 5.41) is 21.1. The lowest BCUT2D eigenvalue weighted by Crippen LogP contribution is -2.16. The third-order valence-corrected chi connectivity index (χ3v) is 6.10. The zero-order chi connectivity index (χ0) is 22.7. The lowest BCUT2D eigenvalue weighted by molar-refractivity contribution is 0.291. The highest BCUT2D eigenvalue weighted by atomic mass is 32.2. The number of ether oxygens (including phenoxy) is 1. The predicted octanol–water partition coefficient (Wildman–Crippen LogP) is 3.58. The number of hydrogen-bond donors (Lipinski definition) is 1. The molecule has 0 aliphatic heterocycles. The lowest BCUT2D eigenvalue weighted by atomic mass is 10.0. The Kier molecular flexibility index (Phi) is 6.40. The van der Waals surface area contributed by atoms with Crippen molar-refractivity contribution < 1.29 is 4.74 Å². The summed E-state index contributed by atoms with van der Waals surface area (Å²) < 4.78 is 9.03. The highest BCUT2D eigenvalue weighted by Crippen LogP contribution is 2.24. The van der Waals surface area contributed by atoms with E-state index in [0.29, 0.717) is 28.5 Å². The molecule has 0 aliphatic carbocycles. The molecular formula is C22H26N8OS. The van der Waals surface area contributed by atoms with Crippen molar-refractivity contribution in [2.24, 2.45) is 0 Å². The first-order chi connectivity index (χ1) is 15.4. The fourth-order valence-corrected chi connectivity index (χ4v) is 4.12. The van der Waals surface area contributed by atoms with E-state index in [1.165, 1.54) is 22.0 Å². The van der Waals surface area contributed by atoms with Gasteiger partial charge in [0, 0.05) is 0 Å². The van der Waals surface area contributed by atoms with Crippen LogP contribution in [0.5, 0.6) is 5.75 Å². The van der Waals surface area contributed by atoms with Crippen LogP contribution >= 0.6 is 11.8 Å². The quantitative estimate of drug-likeness (QED) is 0.320. The van der Waals surface area contributed by atoms with Gasteiger partial charge in [-0.15, -0.1) is 15.3 Å². The zero-order valence-electron chi connectivity index (χ0n) is 18.6. The van der Waals surface area contributed by atoms with E-state index in [1.807, 2.05) is 44.2 Å². The molecule has 0 amide bonds. The number of thioether (sulfide) groups is 1. The first-order valence-electron chi connectivity index (χ1n) is 10.3. The van der Waals surface area contributed by atoms with Crippen molar-refractivity contribution in [1.82, 2.24) is 35.1 Å². The van der Waals surface area contributed by atoms with Gasteiger partial charge in [-0.1, -0.05) is 55.9 Å². The molecule has 2 aromatic carbocycles. The molecule has 4 aromatic rings. The summed E-state index contributed by atoms with van der Waals surface area (Å²) >= 11 is 1.42. The highest BCUT2D eigenvalue weighted by Gasteiger charge is 2.16. The first kappa shape index (κ1) is 21.8. The molecule has 0 bridgehead atoms. The predicted molar refractivity (Wildman–Crippen MR) is 123 cm³/mol. The number of rotatable bonds is 8. The van der Waals surface area contributed by atoms with E-state index < -0.39 is 0 Å². The van der Waals surface area contributed by atoms with E-state index in [4.69, 9.17) is 10.6 Å². The van der Waals surface area contributed by atoms with Crippen LogP contribution in [0, 0.1) is 13.8 Å². The van der Waals surface area contributed by atoms with Crippen LogP contribution in [0.25, 0.3) is 5.69 Å². The molecule has 32 heavy (non-hydrogen) atoms. The molecule has 0 aliphatic rings. The normalized spacial score (nSPS) is 11.3. The molecule has 166 valence electrons. The van der Waals surface area contributed by atoms with Crippen molar-refractivity contribution in [2.75, 3.05) is 5.84 Å². The lowest BCUT2D eigenvalue weighted by Gasteiger charge is -2.10. The molecule has 2 aromatic heterocycles. The van der Waals surface area contributed by atoms with Crippen LogP contribution in [0.15, 0.2) is 47.6 Å². The molecule has 9 nitrogen and oxygen atoms in total. The number of aryl methyl sites for hydroxylation is 2. The molecule has 4 rings (SSSR count). The number of nitrogen functional groups attached to an aromatic ring is 1. The molecule has 0 fully saturated rings. The Labute approximate surface area is 191 Å². The van der Waals surface area contributed by atoms with Crippen LogP contribution < -0.4 is 10.6 Å². The number of aromatic nitrogens is 7. The van der Waals surface area contributed by atoms with Crippen molar-refractivity contribution in [1.29, 1.82) is 0 Å². The Balaban J connectivity index is 1.42. The van der Waals surface area contributed by atoms with Gasteiger partial charge in [-0.3, -0.25) is 0 Å². The third-order valence-electron chi connectivity index (χ3n) is 5.17. The molecule has 0 atom stereocenters. The van der Waals surface area contributed by atoms with Crippen LogP contribution in [-0.4, -0.2) is 35.1 Å². The minimum absolute atomic E-state index is 0.227. The number of para-hydroxylation sites is 1. The maximum atomic E-state index is 6.20. The Morgan fingerprint density at radius 2 is 1.69 bits per heavy atom. The van der Waals surface area contributed by atoms with Crippen molar-refractivity contribution in [3.05, 3.63) is 70.8 Å². The van der Waals surface area contributed by atoms with Gasteiger partial charge >= 0.3 is 0 Å². The molecule has 0 spiro atoms. The number of nitrogens with two attached hydrogens (primary N) is 1. The van der Waals surface area contributed by atoms with Crippen molar-refractivity contribution in [2.45, 2.75) is 51.1 Å². The Morgan fingerprint density at radius 1 is 0.969 bits per heavy atom. The van der Waals surface area contributed by atoms with Gasteiger partial charge < -0.3 is 10.6 Å². The van der Waals surface area contributed by atoms with Crippen LogP contribution in [-0.2, 0) is 12.4 Å². The van der Waals surface area contributed by atoms with Gasteiger partial charge in [0.15, 0.2) is 11.6 Å². The molecule has 10 heteroatoms. The van der Waals surface area contributed by atoms with Crippen molar-refractivity contribution in [3.8, 4) is 11.4 Å². The number of hydrogen-bond acceptors (Lipinski definition) is 8. The van der Waals surface area contributed by atoms with Crippen molar-refractivity contribution in [3.63, 3.8) is 0 Å². The average Bonchev–Trinajstić information content (AvgIpc) is 3.37. The molecule has 0 unspecified atom stereocenters. The fraction of sp³-hybridized carbons (Fsp3) is 0.318. The highest BCUT2D eigenvalue weighted by molar-refractivity contribution is 7.98. The smallest absolute Gasteiger partial charge is 0.210 e.